The first-order valence-electron chi connectivity index (χ1n) is 9.81. The van der Waals surface area contributed by atoms with Gasteiger partial charge in [-0.1, -0.05) is 30.3 Å². The highest BCUT2D eigenvalue weighted by atomic mass is 32.2. The number of benzene rings is 2. The van der Waals surface area contributed by atoms with Gasteiger partial charge in [0.1, 0.15) is 0 Å². The van der Waals surface area contributed by atoms with Gasteiger partial charge in [-0.05, 0) is 36.8 Å². The van der Waals surface area contributed by atoms with Gasteiger partial charge < -0.3 is 5.32 Å². The molecule has 1 saturated heterocycles. The molecule has 0 bridgehead atoms. The van der Waals surface area contributed by atoms with Crippen LogP contribution in [0.25, 0.3) is 0 Å². The molecule has 10 heteroatoms. The topological polar surface area (TPSA) is 69.7 Å². The largest absolute Gasteiger partial charge is 0.416 e. The summed E-state index contributed by atoms with van der Waals surface area (Å²) in [6, 6.07) is 12.9. The van der Waals surface area contributed by atoms with Crippen molar-refractivity contribution in [3.63, 3.8) is 0 Å². The van der Waals surface area contributed by atoms with E-state index in [1.165, 1.54) is 4.31 Å². The molecule has 0 spiro atoms. The van der Waals surface area contributed by atoms with Crippen LogP contribution in [0.5, 0.6) is 0 Å². The number of sulfonamides is 1. The Labute approximate surface area is 179 Å². The number of amides is 1. The van der Waals surface area contributed by atoms with Crippen LogP contribution in [0, 0.1) is 0 Å². The number of nitrogens with one attached hydrogen (secondary N) is 1. The summed E-state index contributed by atoms with van der Waals surface area (Å²) >= 11 is 0. The van der Waals surface area contributed by atoms with Crippen molar-refractivity contribution < 1.29 is 26.4 Å². The summed E-state index contributed by atoms with van der Waals surface area (Å²) in [5.74, 6) is -0.157. The van der Waals surface area contributed by atoms with E-state index >= 15 is 0 Å². The van der Waals surface area contributed by atoms with Crippen LogP contribution < -0.4 is 5.32 Å². The van der Waals surface area contributed by atoms with Gasteiger partial charge in [-0.25, -0.2) is 8.42 Å². The van der Waals surface area contributed by atoms with Crippen molar-refractivity contribution >= 4 is 15.9 Å². The predicted molar refractivity (Wildman–Crippen MR) is 110 cm³/mol. The predicted octanol–water partition coefficient (Wildman–Crippen LogP) is 2.89. The maximum absolute atomic E-state index is 12.7. The van der Waals surface area contributed by atoms with E-state index in [0.29, 0.717) is 13.1 Å². The van der Waals surface area contributed by atoms with Gasteiger partial charge in [0.15, 0.2) is 0 Å². The van der Waals surface area contributed by atoms with Crippen molar-refractivity contribution in [3.05, 3.63) is 65.7 Å². The van der Waals surface area contributed by atoms with Crippen LogP contribution in [0.15, 0.2) is 59.5 Å². The Morgan fingerprint density at radius 2 is 1.58 bits per heavy atom. The van der Waals surface area contributed by atoms with Crippen molar-refractivity contribution in [1.82, 2.24) is 14.5 Å². The van der Waals surface area contributed by atoms with E-state index in [1.807, 2.05) is 42.2 Å². The first-order valence-corrected chi connectivity index (χ1v) is 11.3. The molecule has 2 aromatic rings. The van der Waals surface area contributed by atoms with Gasteiger partial charge in [0.05, 0.1) is 23.0 Å². The van der Waals surface area contributed by atoms with E-state index < -0.39 is 21.8 Å². The highest BCUT2D eigenvalue weighted by molar-refractivity contribution is 7.89. The summed E-state index contributed by atoms with van der Waals surface area (Å²) in [6.45, 7) is 3.06. The molecule has 168 valence electrons. The lowest BCUT2D eigenvalue weighted by Crippen LogP contribution is -2.51. The fourth-order valence-corrected chi connectivity index (χ4v) is 4.83. The molecule has 2 aromatic carbocycles. The number of hydrogen-bond donors (Lipinski definition) is 1. The lowest BCUT2D eigenvalue weighted by Gasteiger charge is -2.33. The number of nitrogens with zero attached hydrogens (tertiary/aromatic N) is 2. The van der Waals surface area contributed by atoms with E-state index in [2.05, 4.69) is 5.32 Å². The van der Waals surface area contributed by atoms with Crippen LogP contribution in [0.4, 0.5) is 13.2 Å². The summed E-state index contributed by atoms with van der Waals surface area (Å²) in [5.41, 5.74) is 0.0929. The van der Waals surface area contributed by atoms with Gasteiger partial charge in [-0.15, -0.1) is 0 Å². The minimum atomic E-state index is -4.52. The number of carbonyl (C=O) groups is 1. The summed E-state index contributed by atoms with van der Waals surface area (Å²) in [6.07, 6.45) is -4.52. The molecule has 1 heterocycles. The number of halogens is 3. The highest BCUT2D eigenvalue weighted by Crippen LogP contribution is 2.30. The van der Waals surface area contributed by atoms with Crippen molar-refractivity contribution in [2.45, 2.75) is 24.0 Å². The minimum absolute atomic E-state index is 0.143. The summed E-state index contributed by atoms with van der Waals surface area (Å²) in [5, 5.41) is 2.92. The molecule has 1 aliphatic rings. The minimum Gasteiger partial charge on any atom is -0.348 e. The van der Waals surface area contributed by atoms with Crippen molar-refractivity contribution in [2.75, 3.05) is 32.7 Å². The smallest absolute Gasteiger partial charge is 0.348 e. The lowest BCUT2D eigenvalue weighted by atomic mass is 10.1. The molecule has 0 radical (unpaired) electrons. The second-order valence-electron chi connectivity index (χ2n) is 7.40. The zero-order chi connectivity index (χ0) is 22.6. The molecule has 31 heavy (non-hydrogen) atoms. The van der Waals surface area contributed by atoms with E-state index in [4.69, 9.17) is 0 Å². The first-order chi connectivity index (χ1) is 14.6. The molecular formula is C21H24F3N3O3S. The number of carbonyl (C=O) groups excluding carboxylic acids is 1. The monoisotopic (exact) mass is 455 g/mol. The molecule has 1 amide bonds. The summed E-state index contributed by atoms with van der Waals surface area (Å²) in [4.78, 5) is 14.0. The van der Waals surface area contributed by atoms with Gasteiger partial charge >= 0.3 is 6.18 Å². The van der Waals surface area contributed by atoms with E-state index in [-0.39, 0.29) is 36.5 Å². The molecule has 0 unspecified atom stereocenters. The zero-order valence-corrected chi connectivity index (χ0v) is 17.8. The average Bonchev–Trinajstić information content (AvgIpc) is 2.74. The van der Waals surface area contributed by atoms with Crippen molar-refractivity contribution in [1.29, 1.82) is 0 Å². The number of hydrogen-bond acceptors (Lipinski definition) is 4. The Morgan fingerprint density at radius 3 is 2.13 bits per heavy atom. The number of rotatable bonds is 6. The van der Waals surface area contributed by atoms with Gasteiger partial charge in [0.2, 0.25) is 15.9 Å². The Bertz CT molecular complexity index is 988. The second-order valence-corrected chi connectivity index (χ2v) is 9.34. The fraction of sp³-hybridized carbons (Fsp3) is 0.381. The van der Waals surface area contributed by atoms with Gasteiger partial charge in [-0.3, -0.25) is 9.69 Å². The zero-order valence-electron chi connectivity index (χ0n) is 17.0. The third-order valence-electron chi connectivity index (χ3n) is 5.19. The molecule has 1 fully saturated rings. The molecule has 0 aliphatic carbocycles. The van der Waals surface area contributed by atoms with Crippen LogP contribution >= 0.6 is 0 Å². The standard InChI is InChI=1S/C21H24F3N3O3S/c1-16(17-5-3-2-4-6-17)25-20(28)15-26-11-13-27(14-12-26)31(29,30)19-9-7-18(8-10-19)21(22,23)24/h2-10,16H,11-15H2,1H3,(H,25,28)/t16-/m0/s1. The van der Waals surface area contributed by atoms with Crippen molar-refractivity contribution in [3.8, 4) is 0 Å². The third kappa shape index (κ3) is 5.84. The normalized spacial score (nSPS) is 17.3. The molecule has 0 saturated carbocycles. The molecular weight excluding hydrogens is 431 g/mol. The maximum Gasteiger partial charge on any atom is 0.416 e. The summed E-state index contributed by atoms with van der Waals surface area (Å²) in [7, 11) is -3.89. The average molecular weight is 456 g/mol. The molecule has 1 aliphatic heterocycles. The maximum atomic E-state index is 12.7. The van der Waals surface area contributed by atoms with E-state index in [0.717, 1.165) is 29.8 Å². The molecule has 6 nitrogen and oxygen atoms in total. The quantitative estimate of drug-likeness (QED) is 0.727. The van der Waals surface area contributed by atoms with Crippen molar-refractivity contribution in [2.24, 2.45) is 0 Å². The SMILES string of the molecule is C[C@H](NC(=O)CN1CCN(S(=O)(=O)c2ccc(C(F)(F)F)cc2)CC1)c1ccccc1. The highest BCUT2D eigenvalue weighted by Gasteiger charge is 2.32. The molecule has 0 aromatic heterocycles. The van der Waals surface area contributed by atoms with Crippen LogP contribution in [0.1, 0.15) is 24.1 Å². The fourth-order valence-electron chi connectivity index (χ4n) is 3.41. The lowest BCUT2D eigenvalue weighted by molar-refractivity contribution is -0.137. The van der Waals surface area contributed by atoms with Crippen LogP contribution in [0.3, 0.4) is 0 Å². The Morgan fingerprint density at radius 1 is 1.00 bits per heavy atom. The van der Waals surface area contributed by atoms with Crippen LogP contribution in [-0.2, 0) is 21.0 Å². The van der Waals surface area contributed by atoms with Crippen LogP contribution in [0.2, 0.25) is 0 Å². The van der Waals surface area contributed by atoms with Crippen LogP contribution in [-0.4, -0.2) is 56.3 Å². The third-order valence-corrected chi connectivity index (χ3v) is 7.11. The molecule has 3 rings (SSSR count). The Balaban J connectivity index is 1.53. The summed E-state index contributed by atoms with van der Waals surface area (Å²) < 4.78 is 64.8. The van der Waals surface area contributed by atoms with Gasteiger partial charge in [0, 0.05) is 26.2 Å². The van der Waals surface area contributed by atoms with E-state index in [1.54, 1.807) is 0 Å². The van der Waals surface area contributed by atoms with E-state index in [9.17, 15) is 26.4 Å². The second kappa shape index (κ2) is 9.37. The Kier molecular flexibility index (Phi) is 7.03. The Hall–Kier alpha value is -2.43. The molecule has 1 atom stereocenters. The van der Waals surface area contributed by atoms with Gasteiger partial charge in [0.25, 0.3) is 0 Å². The first kappa shape index (κ1) is 23.2. The number of alkyl halides is 3. The molecule has 1 N–H and O–H groups in total. The van der Waals surface area contributed by atoms with Gasteiger partial charge in [-0.2, -0.15) is 17.5 Å². The number of piperazine rings is 1.